The monoisotopic (exact) mass is 867 g/mol. The molecule has 10 aliphatic rings. The van der Waals surface area contributed by atoms with E-state index in [0.29, 0.717) is 49.2 Å². The fraction of sp³-hybridized carbons (Fsp3) is 0.934. The minimum atomic E-state index is -0.0888. The van der Waals surface area contributed by atoms with Crippen LogP contribution in [0.1, 0.15) is 238 Å². The highest BCUT2D eigenvalue weighted by Gasteiger charge is 2.83. The first kappa shape index (κ1) is 47.5. The lowest BCUT2D eigenvalue weighted by atomic mass is 9.41. The molecule has 63 heavy (non-hydrogen) atoms. The summed E-state index contributed by atoms with van der Waals surface area (Å²) >= 11 is 0. The Bertz CT molecular complexity index is 1800. The molecule has 0 aromatic heterocycles. The van der Waals surface area contributed by atoms with Crippen molar-refractivity contribution in [3.63, 3.8) is 0 Å². The molecule has 4 spiro atoms. The van der Waals surface area contributed by atoms with Gasteiger partial charge in [-0.3, -0.25) is 0 Å². The van der Waals surface area contributed by atoms with Crippen LogP contribution >= 0.6 is 0 Å². The molecule has 10 saturated carbocycles. The lowest BCUT2D eigenvalue weighted by Gasteiger charge is -2.63. The van der Waals surface area contributed by atoms with E-state index in [9.17, 15) is 10.2 Å². The van der Waals surface area contributed by atoms with E-state index in [2.05, 4.69) is 110 Å². The number of hydrogen-bond donors (Lipinski definition) is 2. The summed E-state index contributed by atoms with van der Waals surface area (Å²) in [5, 5.41) is 21.7. The Morgan fingerprint density at radius 2 is 0.905 bits per heavy atom. The molecule has 10 rings (SSSR count). The molecule has 0 saturated heterocycles. The molecule has 2 nitrogen and oxygen atoms in total. The fourth-order valence-corrected chi connectivity index (χ4v) is 22.3. The van der Waals surface area contributed by atoms with E-state index in [4.69, 9.17) is 0 Å². The third-order valence-corrected chi connectivity index (χ3v) is 26.6. The van der Waals surface area contributed by atoms with Gasteiger partial charge in [0.05, 0.1) is 12.2 Å². The second-order valence-corrected chi connectivity index (χ2v) is 29.2. The summed E-state index contributed by atoms with van der Waals surface area (Å²) in [6.07, 6.45) is 32.6. The van der Waals surface area contributed by atoms with Crippen molar-refractivity contribution in [1.82, 2.24) is 0 Å². The molecule has 0 aliphatic heterocycles. The van der Waals surface area contributed by atoms with Gasteiger partial charge in [0, 0.05) is 0 Å². The van der Waals surface area contributed by atoms with Gasteiger partial charge in [0.2, 0.25) is 0 Å². The normalized spacial score (nSPS) is 52.4. The largest absolute Gasteiger partial charge is 0.393 e. The highest BCUT2D eigenvalue weighted by atomic mass is 16.3. The number of rotatable bonds is 9. The number of aliphatic hydroxyl groups excluding tert-OH is 2. The minimum absolute atomic E-state index is 0.0840. The SMILES string of the molecule is C=C(CCC(C)C1CCC2(C)C3CCC4C(C)(C)C(O)CCC45CC35CCC12C)C(C)C.CC(C)=CCCC(C)C1CCC2(C)C3CCC4C(C)(C)C(O)CCC45CC35CCC12C. The maximum Gasteiger partial charge on any atom is 0.0594 e. The summed E-state index contributed by atoms with van der Waals surface area (Å²) in [6.45, 7) is 39.1. The predicted molar refractivity (Wildman–Crippen MR) is 266 cm³/mol. The van der Waals surface area contributed by atoms with Gasteiger partial charge < -0.3 is 10.2 Å². The second-order valence-electron chi connectivity index (χ2n) is 29.2. The predicted octanol–water partition coefficient (Wildman–Crippen LogP) is 16.6. The molecule has 2 heteroatoms. The minimum Gasteiger partial charge on any atom is -0.393 e. The van der Waals surface area contributed by atoms with Crippen LogP contribution in [0.2, 0.25) is 0 Å². The fourth-order valence-electron chi connectivity index (χ4n) is 22.3. The van der Waals surface area contributed by atoms with E-state index >= 15 is 0 Å². The average Bonchev–Trinajstić information content (AvgIpc) is 4.02. The van der Waals surface area contributed by atoms with Crippen LogP contribution in [0.3, 0.4) is 0 Å². The Balaban J connectivity index is 0.000000160. The summed E-state index contributed by atoms with van der Waals surface area (Å²) in [4.78, 5) is 0. The Kier molecular flexibility index (Phi) is 11.5. The molecule has 358 valence electrons. The molecule has 0 aromatic rings. The molecular formula is C61H102O2. The van der Waals surface area contributed by atoms with Crippen LogP contribution in [0.5, 0.6) is 0 Å². The zero-order valence-corrected chi connectivity index (χ0v) is 44.1. The standard InChI is InChI=1S/C31H52O.C30H50O/c1-20(2)21(3)9-10-22(4)23-13-15-29(8)25-12-11-24-27(5,6)26(32)14-16-30(24)19-31(25,30)18-17-28(23,29)7;1-20(2)9-8-10-21(3)22-13-15-28(7)24-12-11-23-26(4,5)25(31)14-16-29(23)19-30(24,29)18-17-27(22,28)6/h20,22-26,32H,3,9-19H2,1-2,4-8H3;9,21-25,31H,8,10-19H2,1-7H3. The van der Waals surface area contributed by atoms with Crippen molar-refractivity contribution >= 4 is 0 Å². The van der Waals surface area contributed by atoms with Gasteiger partial charge in [-0.2, -0.15) is 0 Å². The van der Waals surface area contributed by atoms with E-state index in [1.54, 1.807) is 0 Å². The maximum atomic E-state index is 10.9. The van der Waals surface area contributed by atoms with Gasteiger partial charge in [0.1, 0.15) is 0 Å². The van der Waals surface area contributed by atoms with Crippen molar-refractivity contribution in [2.75, 3.05) is 0 Å². The van der Waals surface area contributed by atoms with Gasteiger partial charge >= 0.3 is 0 Å². The number of fused-ring (bicyclic) bond motifs is 4. The molecule has 18 unspecified atom stereocenters. The van der Waals surface area contributed by atoms with Crippen molar-refractivity contribution in [3.8, 4) is 0 Å². The van der Waals surface area contributed by atoms with Crippen molar-refractivity contribution in [1.29, 1.82) is 0 Å². The third kappa shape index (κ3) is 6.24. The van der Waals surface area contributed by atoms with Crippen LogP contribution in [0.4, 0.5) is 0 Å². The van der Waals surface area contributed by atoms with Crippen LogP contribution < -0.4 is 0 Å². The van der Waals surface area contributed by atoms with E-state index < -0.39 is 0 Å². The van der Waals surface area contributed by atoms with Gasteiger partial charge in [0.25, 0.3) is 0 Å². The molecule has 0 heterocycles. The van der Waals surface area contributed by atoms with Gasteiger partial charge in [-0.1, -0.05) is 107 Å². The molecule has 0 bridgehead atoms. The van der Waals surface area contributed by atoms with Crippen molar-refractivity contribution in [3.05, 3.63) is 23.8 Å². The number of allylic oxidation sites excluding steroid dienone is 3. The molecule has 0 radical (unpaired) electrons. The van der Waals surface area contributed by atoms with E-state index in [0.717, 1.165) is 60.2 Å². The average molecular weight is 867 g/mol. The maximum absolute atomic E-state index is 10.9. The molecule has 18 atom stereocenters. The van der Waals surface area contributed by atoms with E-state index in [1.807, 2.05) is 0 Å². The van der Waals surface area contributed by atoms with Crippen LogP contribution in [0, 0.1) is 107 Å². The molecule has 10 fully saturated rings. The van der Waals surface area contributed by atoms with Gasteiger partial charge in [-0.15, -0.1) is 0 Å². The van der Waals surface area contributed by atoms with Crippen LogP contribution in [0.15, 0.2) is 23.8 Å². The topological polar surface area (TPSA) is 40.5 Å². The van der Waals surface area contributed by atoms with Crippen LogP contribution in [-0.2, 0) is 0 Å². The van der Waals surface area contributed by atoms with Crippen molar-refractivity contribution in [2.45, 2.75) is 250 Å². The van der Waals surface area contributed by atoms with Gasteiger partial charge in [-0.25, -0.2) is 0 Å². The summed E-state index contributed by atoms with van der Waals surface area (Å²) in [5.74, 6) is 7.48. The smallest absolute Gasteiger partial charge is 0.0594 e. The Labute approximate surface area is 390 Å². The quantitative estimate of drug-likeness (QED) is 0.227. The number of aliphatic hydroxyl groups is 2. The van der Waals surface area contributed by atoms with Crippen molar-refractivity contribution < 1.29 is 10.2 Å². The first-order valence-corrected chi connectivity index (χ1v) is 28.0. The molecule has 0 aromatic carbocycles. The summed E-state index contributed by atoms with van der Waals surface area (Å²) in [7, 11) is 0. The lowest BCUT2D eigenvalue weighted by Crippen LogP contribution is -2.57. The highest BCUT2D eigenvalue weighted by molar-refractivity contribution is 5.32. The van der Waals surface area contributed by atoms with E-state index in [-0.39, 0.29) is 23.0 Å². The molecule has 2 N–H and O–H groups in total. The third-order valence-electron chi connectivity index (χ3n) is 26.6. The second kappa shape index (κ2) is 15.2. The Hall–Kier alpha value is -0.600. The van der Waals surface area contributed by atoms with E-state index in [1.165, 1.54) is 140 Å². The zero-order chi connectivity index (χ0) is 45.8. The van der Waals surface area contributed by atoms with Crippen LogP contribution in [-0.4, -0.2) is 22.4 Å². The Morgan fingerprint density at radius 1 is 0.508 bits per heavy atom. The first-order chi connectivity index (χ1) is 29.3. The molecule has 10 aliphatic carbocycles. The number of hydrogen-bond acceptors (Lipinski definition) is 2. The highest BCUT2D eigenvalue weighted by Crippen LogP contribution is 2.90. The summed E-state index contributed by atoms with van der Waals surface area (Å²) in [5.41, 5.74) is 7.66. The van der Waals surface area contributed by atoms with Crippen molar-refractivity contribution in [2.24, 2.45) is 107 Å². The summed E-state index contributed by atoms with van der Waals surface area (Å²) < 4.78 is 0. The van der Waals surface area contributed by atoms with Gasteiger partial charge in [-0.05, 0) is 263 Å². The lowest BCUT2D eigenvalue weighted by molar-refractivity contribution is -0.161. The molecule has 0 amide bonds. The Morgan fingerprint density at radius 3 is 1.32 bits per heavy atom. The molecular weight excluding hydrogens is 765 g/mol. The summed E-state index contributed by atoms with van der Waals surface area (Å²) in [6, 6.07) is 0. The zero-order valence-electron chi connectivity index (χ0n) is 44.1. The van der Waals surface area contributed by atoms with Crippen LogP contribution in [0.25, 0.3) is 0 Å². The first-order valence-electron chi connectivity index (χ1n) is 28.0. The van der Waals surface area contributed by atoms with Gasteiger partial charge in [0.15, 0.2) is 0 Å².